The molecule has 0 saturated carbocycles. The lowest BCUT2D eigenvalue weighted by atomic mass is 10.00. The molecule has 98 valence electrons. The molecular weight excluding hydrogens is 218 g/mol. The molecular formula is C11H23N5O. The summed E-state index contributed by atoms with van der Waals surface area (Å²) in [6.07, 6.45) is 3.49. The minimum absolute atomic E-state index is 0.327. The average molecular weight is 241 g/mol. The normalized spacial score (nSPS) is 24.4. The van der Waals surface area contributed by atoms with E-state index < -0.39 is 5.66 Å². The van der Waals surface area contributed by atoms with Crippen LogP contribution in [0.5, 0.6) is 0 Å². The lowest BCUT2D eigenvalue weighted by Crippen LogP contribution is -2.51. The van der Waals surface area contributed by atoms with E-state index >= 15 is 0 Å². The number of nitrogens with two attached hydrogens (primary N) is 3. The maximum absolute atomic E-state index is 6.21. The summed E-state index contributed by atoms with van der Waals surface area (Å²) >= 11 is 0. The largest absolute Gasteiger partial charge is 0.495 e. The summed E-state index contributed by atoms with van der Waals surface area (Å²) in [5.74, 6) is 0.971. The third kappa shape index (κ3) is 3.10. The molecule has 0 aromatic carbocycles. The number of unbranched alkanes of at least 4 members (excludes halogenated alkanes) is 1. The first-order valence-corrected chi connectivity index (χ1v) is 5.96. The van der Waals surface area contributed by atoms with Gasteiger partial charge < -0.3 is 27.3 Å². The summed E-state index contributed by atoms with van der Waals surface area (Å²) in [5.41, 5.74) is 17.5. The van der Waals surface area contributed by atoms with Gasteiger partial charge in [0.25, 0.3) is 0 Å². The van der Waals surface area contributed by atoms with Gasteiger partial charge in [-0.3, -0.25) is 0 Å². The van der Waals surface area contributed by atoms with Crippen molar-refractivity contribution in [2.45, 2.75) is 38.3 Å². The van der Waals surface area contributed by atoms with Crippen LogP contribution in [0.25, 0.3) is 0 Å². The molecule has 7 N–H and O–H groups in total. The van der Waals surface area contributed by atoms with Crippen molar-refractivity contribution in [3.63, 3.8) is 0 Å². The number of ether oxygens (including phenoxy) is 1. The number of allylic oxidation sites excluding steroid dienone is 1. The van der Waals surface area contributed by atoms with Crippen molar-refractivity contribution in [1.29, 1.82) is 0 Å². The van der Waals surface area contributed by atoms with E-state index in [0.29, 0.717) is 24.7 Å². The lowest BCUT2D eigenvalue weighted by Gasteiger charge is -2.33. The van der Waals surface area contributed by atoms with Crippen LogP contribution in [0.3, 0.4) is 0 Å². The fraction of sp³-hybridized carbons (Fsp3) is 0.727. The first-order valence-electron chi connectivity index (χ1n) is 5.96. The highest BCUT2D eigenvalue weighted by atomic mass is 16.5. The van der Waals surface area contributed by atoms with Gasteiger partial charge in [-0.25, -0.2) is 4.99 Å². The minimum Gasteiger partial charge on any atom is -0.495 e. The molecule has 17 heavy (non-hydrogen) atoms. The van der Waals surface area contributed by atoms with Crippen LogP contribution in [0.4, 0.5) is 0 Å². The van der Waals surface area contributed by atoms with Crippen LogP contribution in [-0.4, -0.2) is 25.3 Å². The zero-order chi connectivity index (χ0) is 12.9. The van der Waals surface area contributed by atoms with Crippen LogP contribution < -0.4 is 22.5 Å². The molecule has 1 atom stereocenters. The minimum atomic E-state index is -0.929. The van der Waals surface area contributed by atoms with E-state index in [1.165, 1.54) is 0 Å². The Morgan fingerprint density at radius 2 is 2.18 bits per heavy atom. The van der Waals surface area contributed by atoms with Crippen molar-refractivity contribution in [1.82, 2.24) is 5.32 Å². The zero-order valence-corrected chi connectivity index (χ0v) is 10.6. The third-order valence-electron chi connectivity index (χ3n) is 2.78. The van der Waals surface area contributed by atoms with Gasteiger partial charge in [-0.1, -0.05) is 13.3 Å². The van der Waals surface area contributed by atoms with Crippen LogP contribution in [0.2, 0.25) is 0 Å². The highest BCUT2D eigenvalue weighted by Crippen LogP contribution is 2.27. The highest BCUT2D eigenvalue weighted by molar-refractivity contribution is 5.81. The van der Waals surface area contributed by atoms with E-state index in [0.717, 1.165) is 25.0 Å². The Morgan fingerprint density at radius 3 is 2.71 bits per heavy atom. The van der Waals surface area contributed by atoms with Gasteiger partial charge in [0.2, 0.25) is 0 Å². The molecule has 6 heteroatoms. The number of nitrogens with one attached hydrogen (secondary N) is 1. The van der Waals surface area contributed by atoms with Crippen molar-refractivity contribution >= 4 is 5.96 Å². The van der Waals surface area contributed by atoms with Crippen molar-refractivity contribution in [2.75, 3.05) is 13.7 Å². The maximum Gasteiger partial charge on any atom is 0.195 e. The van der Waals surface area contributed by atoms with Gasteiger partial charge in [-0.05, 0) is 19.4 Å². The molecule has 1 aliphatic heterocycles. The molecule has 1 rings (SSSR count). The summed E-state index contributed by atoms with van der Waals surface area (Å²) < 4.78 is 5.39. The Kier molecular flexibility index (Phi) is 4.77. The second-order valence-electron chi connectivity index (χ2n) is 4.20. The first kappa shape index (κ1) is 13.8. The Hall–Kier alpha value is -1.27. The van der Waals surface area contributed by atoms with Crippen molar-refractivity contribution < 1.29 is 4.74 Å². The second-order valence-corrected chi connectivity index (χ2v) is 4.20. The topological polar surface area (TPSA) is 112 Å². The number of guanidine groups is 1. The van der Waals surface area contributed by atoms with Gasteiger partial charge >= 0.3 is 0 Å². The van der Waals surface area contributed by atoms with Crippen molar-refractivity contribution in [3.8, 4) is 0 Å². The van der Waals surface area contributed by atoms with Gasteiger partial charge in [0.1, 0.15) is 0 Å². The fourth-order valence-corrected chi connectivity index (χ4v) is 1.99. The van der Waals surface area contributed by atoms with Crippen LogP contribution in [0.1, 0.15) is 32.6 Å². The Bertz CT molecular complexity index is 326. The summed E-state index contributed by atoms with van der Waals surface area (Å²) in [6.45, 7) is 2.56. The average Bonchev–Trinajstić information content (AvgIpc) is 2.25. The van der Waals surface area contributed by atoms with Crippen LogP contribution in [0.15, 0.2) is 16.4 Å². The Labute approximate surface area is 102 Å². The van der Waals surface area contributed by atoms with E-state index in [-0.39, 0.29) is 0 Å². The predicted molar refractivity (Wildman–Crippen MR) is 68.9 cm³/mol. The summed E-state index contributed by atoms with van der Waals surface area (Å²) in [7, 11) is 1.60. The van der Waals surface area contributed by atoms with E-state index in [2.05, 4.69) is 17.2 Å². The third-order valence-corrected chi connectivity index (χ3v) is 2.78. The molecule has 0 bridgehead atoms. The van der Waals surface area contributed by atoms with Crippen LogP contribution in [0, 0.1) is 0 Å². The summed E-state index contributed by atoms with van der Waals surface area (Å²) in [6, 6.07) is 0. The monoisotopic (exact) mass is 241 g/mol. The molecule has 1 aliphatic rings. The lowest BCUT2D eigenvalue weighted by molar-refractivity contribution is 0.206. The second kappa shape index (κ2) is 5.88. The van der Waals surface area contributed by atoms with Gasteiger partial charge in [0, 0.05) is 6.42 Å². The van der Waals surface area contributed by atoms with E-state index in [4.69, 9.17) is 21.9 Å². The number of rotatable bonds is 6. The maximum atomic E-state index is 6.21. The van der Waals surface area contributed by atoms with Crippen molar-refractivity contribution in [2.24, 2.45) is 22.2 Å². The fourth-order valence-electron chi connectivity index (χ4n) is 1.99. The molecule has 0 aromatic heterocycles. The molecule has 0 spiro atoms. The number of nitrogens with zero attached hydrogens (tertiary/aromatic N) is 1. The molecule has 0 radical (unpaired) electrons. The molecule has 6 nitrogen and oxygen atoms in total. The van der Waals surface area contributed by atoms with Crippen LogP contribution >= 0.6 is 0 Å². The van der Waals surface area contributed by atoms with E-state index in [1.54, 1.807) is 7.11 Å². The predicted octanol–water partition coefficient (Wildman–Crippen LogP) is -0.0437. The Balaban J connectivity index is 3.00. The number of aliphatic imine (C=N–C) groups is 1. The summed E-state index contributed by atoms with van der Waals surface area (Å²) in [5, 5.41) is 3.03. The van der Waals surface area contributed by atoms with Crippen LogP contribution in [-0.2, 0) is 4.74 Å². The van der Waals surface area contributed by atoms with Crippen molar-refractivity contribution in [3.05, 3.63) is 11.5 Å². The Morgan fingerprint density at radius 1 is 1.47 bits per heavy atom. The molecule has 0 aromatic rings. The van der Waals surface area contributed by atoms with Gasteiger partial charge in [0.15, 0.2) is 17.4 Å². The molecule has 0 fully saturated rings. The summed E-state index contributed by atoms with van der Waals surface area (Å²) in [4.78, 5) is 4.21. The molecule has 0 aliphatic carbocycles. The van der Waals surface area contributed by atoms with Gasteiger partial charge in [-0.15, -0.1) is 0 Å². The molecule has 0 amide bonds. The first-order chi connectivity index (χ1) is 8.07. The van der Waals surface area contributed by atoms with E-state index in [1.807, 2.05) is 0 Å². The SMILES string of the molecule is CCCCC1=C(OC)C(N)(CCN)N=C(N)N1. The van der Waals surface area contributed by atoms with Gasteiger partial charge in [-0.2, -0.15) is 0 Å². The standard InChI is InChI=1S/C11H23N5O/c1-3-4-5-8-9(17-2)11(14,6-7-12)16-10(13)15-8/h3-7,12,14H2,1-2H3,(H3,13,15,16). The number of hydrogen-bond acceptors (Lipinski definition) is 6. The molecule has 1 heterocycles. The number of methoxy groups -OCH3 is 1. The van der Waals surface area contributed by atoms with E-state index in [9.17, 15) is 0 Å². The highest BCUT2D eigenvalue weighted by Gasteiger charge is 2.36. The zero-order valence-electron chi connectivity index (χ0n) is 10.6. The number of hydrogen-bond donors (Lipinski definition) is 4. The smallest absolute Gasteiger partial charge is 0.195 e. The quantitative estimate of drug-likeness (QED) is 0.521. The molecule has 1 unspecified atom stereocenters. The molecule has 0 saturated heterocycles. The van der Waals surface area contributed by atoms with Gasteiger partial charge in [0.05, 0.1) is 12.8 Å².